The van der Waals surface area contributed by atoms with Crippen molar-refractivity contribution in [3.8, 4) is 5.75 Å². The molecule has 7 nitrogen and oxygen atoms in total. The van der Waals surface area contributed by atoms with Crippen molar-refractivity contribution in [3.63, 3.8) is 0 Å². The quantitative estimate of drug-likeness (QED) is 0.672. The van der Waals surface area contributed by atoms with Crippen LogP contribution in [-0.2, 0) is 14.3 Å². The van der Waals surface area contributed by atoms with Gasteiger partial charge in [-0.1, -0.05) is 12.1 Å². The number of carbonyl (C=O) groups is 2. The molecular formula is C23H28N2O5. The van der Waals surface area contributed by atoms with Gasteiger partial charge in [0.2, 0.25) is 0 Å². The minimum Gasteiger partial charge on any atom is -0.497 e. The number of ether oxygens (including phenoxy) is 3. The van der Waals surface area contributed by atoms with E-state index in [0.717, 1.165) is 24.3 Å². The molecule has 30 heavy (non-hydrogen) atoms. The van der Waals surface area contributed by atoms with Crippen LogP contribution < -0.4 is 15.0 Å². The van der Waals surface area contributed by atoms with Crippen LogP contribution >= 0.6 is 0 Å². The highest BCUT2D eigenvalue weighted by Crippen LogP contribution is 2.23. The van der Waals surface area contributed by atoms with Gasteiger partial charge in [0.25, 0.3) is 5.91 Å². The van der Waals surface area contributed by atoms with Crippen LogP contribution in [-0.4, -0.2) is 51.9 Å². The molecule has 0 radical (unpaired) electrons. The predicted octanol–water partition coefficient (Wildman–Crippen LogP) is 2.96. The molecule has 0 aromatic heterocycles. The average molecular weight is 412 g/mol. The van der Waals surface area contributed by atoms with Crippen LogP contribution in [0.4, 0.5) is 5.69 Å². The predicted molar refractivity (Wildman–Crippen MR) is 114 cm³/mol. The first kappa shape index (κ1) is 21.6. The third-order valence-electron chi connectivity index (χ3n) is 4.98. The second-order valence-corrected chi connectivity index (χ2v) is 6.96. The van der Waals surface area contributed by atoms with Crippen molar-refractivity contribution in [1.29, 1.82) is 0 Å². The van der Waals surface area contributed by atoms with Crippen LogP contribution in [0.15, 0.2) is 48.5 Å². The van der Waals surface area contributed by atoms with E-state index in [-0.39, 0.29) is 18.3 Å². The Morgan fingerprint density at radius 2 is 1.87 bits per heavy atom. The molecule has 3 rings (SSSR count). The molecule has 0 spiro atoms. The number of carbonyl (C=O) groups excluding carboxylic acids is 2. The summed E-state index contributed by atoms with van der Waals surface area (Å²) in [6.45, 7) is 5.14. The van der Waals surface area contributed by atoms with E-state index in [9.17, 15) is 9.59 Å². The first-order chi connectivity index (χ1) is 14.6. The monoisotopic (exact) mass is 412 g/mol. The summed E-state index contributed by atoms with van der Waals surface area (Å²) < 4.78 is 15.7. The van der Waals surface area contributed by atoms with Crippen molar-refractivity contribution in [2.24, 2.45) is 0 Å². The summed E-state index contributed by atoms with van der Waals surface area (Å²) in [5, 5.41) is 2.96. The fraction of sp³-hybridized carbons (Fsp3) is 0.391. The Kier molecular flexibility index (Phi) is 7.68. The zero-order valence-electron chi connectivity index (χ0n) is 17.4. The van der Waals surface area contributed by atoms with Crippen LogP contribution in [0.5, 0.6) is 5.75 Å². The molecule has 7 heteroatoms. The van der Waals surface area contributed by atoms with Crippen molar-refractivity contribution in [3.05, 3.63) is 59.7 Å². The van der Waals surface area contributed by atoms with E-state index >= 15 is 0 Å². The molecule has 1 unspecified atom stereocenters. The normalized spacial score (nSPS) is 14.7. The molecule has 1 aliphatic heterocycles. The van der Waals surface area contributed by atoms with Gasteiger partial charge >= 0.3 is 5.97 Å². The molecule has 1 atom stereocenters. The van der Waals surface area contributed by atoms with Gasteiger partial charge in [-0.2, -0.15) is 0 Å². The molecule has 1 fully saturated rings. The van der Waals surface area contributed by atoms with E-state index in [0.29, 0.717) is 31.1 Å². The summed E-state index contributed by atoms with van der Waals surface area (Å²) in [7, 11) is 1.58. The van der Waals surface area contributed by atoms with Crippen LogP contribution in [0, 0.1) is 0 Å². The zero-order chi connectivity index (χ0) is 21.3. The van der Waals surface area contributed by atoms with Gasteiger partial charge in [-0.15, -0.1) is 0 Å². The summed E-state index contributed by atoms with van der Waals surface area (Å²) in [6.07, 6.45) is 0.0403. The molecule has 0 bridgehead atoms. The summed E-state index contributed by atoms with van der Waals surface area (Å²) in [4.78, 5) is 27.2. The lowest BCUT2D eigenvalue weighted by molar-refractivity contribution is -0.143. The molecule has 0 aliphatic carbocycles. The van der Waals surface area contributed by atoms with Gasteiger partial charge < -0.3 is 24.4 Å². The molecule has 1 heterocycles. The van der Waals surface area contributed by atoms with Crippen LogP contribution in [0.3, 0.4) is 0 Å². The van der Waals surface area contributed by atoms with Gasteiger partial charge in [-0.05, 0) is 48.9 Å². The largest absolute Gasteiger partial charge is 0.497 e. The molecule has 2 aromatic carbocycles. The van der Waals surface area contributed by atoms with Crippen LogP contribution in [0.1, 0.15) is 35.3 Å². The number of methoxy groups -OCH3 is 1. The summed E-state index contributed by atoms with van der Waals surface area (Å²) in [6, 6.07) is 14.3. The Hall–Kier alpha value is -3.06. The second-order valence-electron chi connectivity index (χ2n) is 6.96. The third-order valence-corrected chi connectivity index (χ3v) is 4.98. The Morgan fingerprint density at radius 3 is 2.53 bits per heavy atom. The fourth-order valence-electron chi connectivity index (χ4n) is 3.38. The smallest absolute Gasteiger partial charge is 0.308 e. The fourth-order valence-corrected chi connectivity index (χ4v) is 3.38. The van der Waals surface area contributed by atoms with Gasteiger partial charge in [0.05, 0.1) is 39.4 Å². The Balaban J connectivity index is 1.73. The molecule has 2 aromatic rings. The highest BCUT2D eigenvalue weighted by Gasteiger charge is 2.21. The highest BCUT2D eigenvalue weighted by atomic mass is 16.5. The number of esters is 1. The molecule has 1 saturated heterocycles. The topological polar surface area (TPSA) is 77.1 Å². The number of hydrogen-bond acceptors (Lipinski definition) is 6. The summed E-state index contributed by atoms with van der Waals surface area (Å²) in [5.74, 6) is 0.0411. The summed E-state index contributed by atoms with van der Waals surface area (Å²) in [5.41, 5.74) is 2.37. The average Bonchev–Trinajstić information content (AvgIpc) is 2.79. The lowest BCUT2D eigenvalue weighted by atomic mass is 10.0. The molecule has 0 saturated carbocycles. The number of nitrogens with one attached hydrogen (secondary N) is 1. The maximum Gasteiger partial charge on any atom is 0.308 e. The van der Waals surface area contributed by atoms with Gasteiger partial charge in [0, 0.05) is 24.3 Å². The SMILES string of the molecule is CCOC(=O)CC(NC(=O)c1ccc(N2CCOCC2)cc1)c1cccc(OC)c1. The molecule has 1 aliphatic rings. The third kappa shape index (κ3) is 5.73. The number of morpholine rings is 1. The van der Waals surface area contributed by atoms with Crippen LogP contribution in [0.25, 0.3) is 0 Å². The first-order valence-corrected chi connectivity index (χ1v) is 10.1. The van der Waals surface area contributed by atoms with E-state index in [1.807, 2.05) is 36.4 Å². The number of amides is 1. The van der Waals surface area contributed by atoms with E-state index in [1.165, 1.54) is 0 Å². The van der Waals surface area contributed by atoms with Crippen molar-refractivity contribution < 1.29 is 23.8 Å². The maximum atomic E-state index is 12.9. The van der Waals surface area contributed by atoms with E-state index in [2.05, 4.69) is 10.2 Å². The van der Waals surface area contributed by atoms with Gasteiger partial charge in [0.1, 0.15) is 5.75 Å². The van der Waals surface area contributed by atoms with E-state index in [1.54, 1.807) is 26.2 Å². The number of rotatable bonds is 8. The van der Waals surface area contributed by atoms with E-state index < -0.39 is 6.04 Å². The Morgan fingerprint density at radius 1 is 1.13 bits per heavy atom. The molecule has 1 amide bonds. The molecule has 1 N–H and O–H groups in total. The number of hydrogen-bond donors (Lipinski definition) is 1. The lowest BCUT2D eigenvalue weighted by Gasteiger charge is -2.29. The molecular weight excluding hydrogens is 384 g/mol. The van der Waals surface area contributed by atoms with Gasteiger partial charge in [-0.3, -0.25) is 9.59 Å². The van der Waals surface area contributed by atoms with Crippen molar-refractivity contribution in [2.75, 3.05) is 44.9 Å². The molecule has 160 valence electrons. The minimum absolute atomic E-state index is 0.0403. The standard InChI is InChI=1S/C23H28N2O5/c1-3-30-22(26)16-21(18-5-4-6-20(15-18)28-2)24-23(27)17-7-9-19(10-8-17)25-11-13-29-14-12-25/h4-10,15,21H,3,11-14,16H2,1-2H3,(H,24,27). The number of anilines is 1. The van der Waals surface area contributed by atoms with E-state index in [4.69, 9.17) is 14.2 Å². The second kappa shape index (κ2) is 10.6. The highest BCUT2D eigenvalue weighted by molar-refractivity contribution is 5.95. The van der Waals surface area contributed by atoms with Crippen molar-refractivity contribution in [1.82, 2.24) is 5.32 Å². The van der Waals surface area contributed by atoms with Crippen molar-refractivity contribution in [2.45, 2.75) is 19.4 Å². The Bertz CT molecular complexity index is 847. The van der Waals surface area contributed by atoms with Gasteiger partial charge in [0.15, 0.2) is 0 Å². The number of benzene rings is 2. The Labute approximate surface area is 176 Å². The van der Waals surface area contributed by atoms with Crippen molar-refractivity contribution >= 4 is 17.6 Å². The maximum absolute atomic E-state index is 12.9. The number of nitrogens with zero attached hydrogens (tertiary/aromatic N) is 1. The first-order valence-electron chi connectivity index (χ1n) is 10.1. The minimum atomic E-state index is -0.523. The van der Waals surface area contributed by atoms with Gasteiger partial charge in [-0.25, -0.2) is 0 Å². The lowest BCUT2D eigenvalue weighted by Crippen LogP contribution is -2.36. The van der Waals surface area contributed by atoms with Crippen LogP contribution in [0.2, 0.25) is 0 Å². The zero-order valence-corrected chi connectivity index (χ0v) is 17.4. The summed E-state index contributed by atoms with van der Waals surface area (Å²) >= 11 is 0.